The largest absolute Gasteiger partial charge is 0.504 e. The second-order valence-electron chi connectivity index (χ2n) is 4.38. The van der Waals surface area contributed by atoms with E-state index in [-0.39, 0.29) is 26.4 Å². The van der Waals surface area contributed by atoms with Crippen LogP contribution >= 0.6 is 16.1 Å². The maximum atomic E-state index is 10.7. The predicted molar refractivity (Wildman–Crippen MR) is 90.5 cm³/mol. The van der Waals surface area contributed by atoms with Crippen molar-refractivity contribution >= 4 is 28.0 Å². The van der Waals surface area contributed by atoms with E-state index in [9.17, 15) is 18.7 Å². The zero-order chi connectivity index (χ0) is 19.1. The van der Waals surface area contributed by atoms with Gasteiger partial charge in [-0.15, -0.1) is 9.05 Å². The van der Waals surface area contributed by atoms with Crippen LogP contribution in [0.1, 0.15) is 13.8 Å². The van der Waals surface area contributed by atoms with Gasteiger partial charge in [0.1, 0.15) is 26.4 Å². The number of rotatable bonds is 10. The lowest BCUT2D eigenvalue weighted by molar-refractivity contribution is -0.140. The van der Waals surface area contributed by atoms with Gasteiger partial charge in [0.25, 0.3) is 0 Å². The Morgan fingerprint density at radius 3 is 1.25 bits per heavy atom. The van der Waals surface area contributed by atoms with Crippen LogP contribution in [0.15, 0.2) is 24.3 Å². The molecule has 0 aromatic rings. The molecule has 0 saturated carbocycles. The summed E-state index contributed by atoms with van der Waals surface area (Å²) in [5.41, 5.74) is 0.687. The van der Waals surface area contributed by atoms with E-state index in [4.69, 9.17) is 0 Å². The van der Waals surface area contributed by atoms with E-state index in [1.165, 1.54) is 13.3 Å². The lowest BCUT2D eigenvalue weighted by Crippen LogP contribution is -2.09. The molecule has 0 aliphatic rings. The average molecular weight is 382 g/mol. The van der Waals surface area contributed by atoms with Crippen LogP contribution in [0.25, 0.3) is 0 Å². The molecule has 0 rings (SSSR count). The lowest BCUT2D eigenvalue weighted by Gasteiger charge is -1.99. The Bertz CT molecular complexity index is 443. The maximum Gasteiger partial charge on any atom is 0.504 e. The van der Waals surface area contributed by atoms with Crippen LogP contribution in [0.4, 0.5) is 0 Å². The highest BCUT2D eigenvalue weighted by atomic mass is 31.1. The first-order chi connectivity index (χ1) is 11.1. The number of hydrogen-bond acceptors (Lipinski definition) is 8. The summed E-state index contributed by atoms with van der Waals surface area (Å²) in [5.74, 6) is -0.908. The predicted octanol–water partition coefficient (Wildman–Crippen LogP) is 2.99. The highest BCUT2D eigenvalue weighted by Gasteiger charge is 2.08. The quantitative estimate of drug-likeness (QED) is 0.246. The molecule has 10 heteroatoms. The van der Waals surface area contributed by atoms with Crippen LogP contribution in [0.2, 0.25) is 0 Å². The summed E-state index contributed by atoms with van der Waals surface area (Å²) in [5, 5.41) is 0. The van der Waals surface area contributed by atoms with Crippen molar-refractivity contribution in [3.8, 4) is 0 Å². The molecular formula is C14H24O8P2+2. The van der Waals surface area contributed by atoms with Gasteiger partial charge in [0.05, 0.1) is 0 Å². The van der Waals surface area contributed by atoms with Gasteiger partial charge in [-0.1, -0.05) is 13.2 Å². The summed E-state index contributed by atoms with van der Waals surface area (Å²) in [6.45, 7) is 13.3. The van der Waals surface area contributed by atoms with E-state index < -0.39 is 28.0 Å². The first-order valence-corrected chi connectivity index (χ1v) is 10.1. The molecule has 0 amide bonds. The first kappa shape index (κ1) is 24.8. The SMILES string of the molecule is C=C(C)C(=O)OCCO[P+](C)=O.C=C(C)C(=O)OCCO[P+](C)=O. The van der Waals surface area contributed by atoms with Crippen LogP contribution in [-0.2, 0) is 37.2 Å². The van der Waals surface area contributed by atoms with E-state index >= 15 is 0 Å². The van der Waals surface area contributed by atoms with Gasteiger partial charge < -0.3 is 9.47 Å². The second kappa shape index (κ2) is 15.1. The Morgan fingerprint density at radius 1 is 0.750 bits per heavy atom. The Balaban J connectivity index is 0. The zero-order valence-electron chi connectivity index (χ0n) is 14.4. The van der Waals surface area contributed by atoms with Crippen molar-refractivity contribution in [2.24, 2.45) is 0 Å². The third-order valence-electron chi connectivity index (χ3n) is 1.88. The number of esters is 2. The fraction of sp³-hybridized carbons (Fsp3) is 0.571. The first-order valence-electron chi connectivity index (χ1n) is 6.80. The van der Waals surface area contributed by atoms with Gasteiger partial charge in [-0.3, -0.25) is 0 Å². The minimum atomic E-state index is -1.61. The topological polar surface area (TPSA) is 105 Å². The van der Waals surface area contributed by atoms with Gasteiger partial charge in [-0.05, 0) is 23.0 Å². The average Bonchev–Trinajstić information content (AvgIpc) is 2.47. The normalized spacial score (nSPS) is 10.7. The van der Waals surface area contributed by atoms with E-state index in [1.54, 1.807) is 13.8 Å². The standard InChI is InChI=1S/2C7H12O4P/c2*1-6(2)7(8)10-4-5-11-12(3)9/h2*1,4-5H2,2-3H3/q2*+1. The van der Waals surface area contributed by atoms with Crippen LogP contribution < -0.4 is 0 Å². The highest BCUT2D eigenvalue weighted by molar-refractivity contribution is 7.38. The molecular weight excluding hydrogens is 358 g/mol. The molecule has 0 N–H and O–H groups in total. The van der Waals surface area contributed by atoms with E-state index in [1.807, 2.05) is 0 Å². The molecule has 0 aromatic heterocycles. The molecule has 8 nitrogen and oxygen atoms in total. The van der Waals surface area contributed by atoms with Gasteiger partial charge in [0, 0.05) is 11.1 Å². The van der Waals surface area contributed by atoms with Crippen LogP contribution in [0.3, 0.4) is 0 Å². The molecule has 0 aliphatic heterocycles. The minimum Gasteiger partial charge on any atom is -0.460 e. The molecule has 0 heterocycles. The summed E-state index contributed by atoms with van der Waals surface area (Å²) in [6, 6.07) is 0. The van der Waals surface area contributed by atoms with Gasteiger partial charge in [0.15, 0.2) is 13.3 Å². The van der Waals surface area contributed by atoms with Crippen molar-refractivity contribution in [2.45, 2.75) is 13.8 Å². The van der Waals surface area contributed by atoms with Crippen molar-refractivity contribution in [3.05, 3.63) is 24.3 Å². The Hall–Kier alpha value is -1.46. The molecule has 0 aliphatic carbocycles. The number of carbonyl (C=O) groups is 2. The van der Waals surface area contributed by atoms with Crippen molar-refractivity contribution in [2.75, 3.05) is 39.8 Å². The van der Waals surface area contributed by atoms with Gasteiger partial charge >= 0.3 is 28.0 Å². The van der Waals surface area contributed by atoms with Crippen LogP contribution in [0, 0.1) is 0 Å². The summed E-state index contributed by atoms with van der Waals surface area (Å²) in [7, 11) is -3.22. The highest BCUT2D eigenvalue weighted by Crippen LogP contribution is 2.14. The second-order valence-corrected chi connectivity index (χ2v) is 6.65. The molecule has 0 radical (unpaired) electrons. The summed E-state index contributed by atoms with van der Waals surface area (Å²) in [6.07, 6.45) is 0. The van der Waals surface area contributed by atoms with Crippen molar-refractivity contribution in [1.29, 1.82) is 0 Å². The van der Waals surface area contributed by atoms with Crippen LogP contribution in [-0.4, -0.2) is 51.7 Å². The van der Waals surface area contributed by atoms with E-state index in [2.05, 4.69) is 31.7 Å². The number of hydrogen-bond donors (Lipinski definition) is 0. The Kier molecular flexibility index (Phi) is 15.6. The number of ether oxygens (including phenoxy) is 2. The van der Waals surface area contributed by atoms with Crippen LogP contribution in [0.5, 0.6) is 0 Å². The van der Waals surface area contributed by atoms with Gasteiger partial charge in [0.2, 0.25) is 0 Å². The molecule has 0 spiro atoms. The van der Waals surface area contributed by atoms with E-state index in [0.717, 1.165) is 0 Å². The zero-order valence-corrected chi connectivity index (χ0v) is 16.2. The molecule has 2 unspecified atom stereocenters. The molecule has 24 heavy (non-hydrogen) atoms. The summed E-state index contributed by atoms with van der Waals surface area (Å²) in [4.78, 5) is 21.5. The monoisotopic (exact) mass is 382 g/mol. The summed E-state index contributed by atoms with van der Waals surface area (Å²) >= 11 is 0. The Morgan fingerprint density at radius 2 is 1.04 bits per heavy atom. The van der Waals surface area contributed by atoms with Crippen molar-refractivity contribution < 1.29 is 37.2 Å². The fourth-order valence-corrected chi connectivity index (χ4v) is 1.51. The fourth-order valence-electron chi connectivity index (χ4n) is 0.847. The van der Waals surface area contributed by atoms with Gasteiger partial charge in [-0.25, -0.2) is 9.59 Å². The minimum absolute atomic E-state index is 0.112. The molecule has 0 saturated heterocycles. The summed E-state index contributed by atoms with van der Waals surface area (Å²) < 4.78 is 39.5. The molecule has 2 atom stereocenters. The van der Waals surface area contributed by atoms with Gasteiger partial charge in [-0.2, -0.15) is 0 Å². The van der Waals surface area contributed by atoms with Crippen molar-refractivity contribution in [3.63, 3.8) is 0 Å². The van der Waals surface area contributed by atoms with Crippen molar-refractivity contribution in [1.82, 2.24) is 0 Å². The van der Waals surface area contributed by atoms with E-state index in [0.29, 0.717) is 11.1 Å². The number of carbonyl (C=O) groups excluding carboxylic acids is 2. The molecule has 0 bridgehead atoms. The smallest absolute Gasteiger partial charge is 0.460 e. The molecule has 136 valence electrons. The third-order valence-corrected chi connectivity index (χ3v) is 2.97. The molecule has 0 fully saturated rings. The lowest BCUT2D eigenvalue weighted by atomic mass is 10.4. The maximum absolute atomic E-state index is 10.7. The Labute approximate surface area is 143 Å². The third kappa shape index (κ3) is 18.6. The molecule has 0 aromatic carbocycles.